The maximum Gasteiger partial charge on any atom is 0.0693 e. The highest BCUT2D eigenvalue weighted by Crippen LogP contribution is 2.18. The molecule has 0 radical (unpaired) electrons. The molecule has 0 aromatic heterocycles. The Bertz CT molecular complexity index is 143. The van der Waals surface area contributed by atoms with Crippen LogP contribution in [0.15, 0.2) is 0 Å². The summed E-state index contributed by atoms with van der Waals surface area (Å²) in [6, 6.07) is 0.864. The van der Waals surface area contributed by atoms with Crippen LogP contribution >= 0.6 is 11.8 Å². The van der Waals surface area contributed by atoms with Gasteiger partial charge < -0.3 is 10.4 Å². The van der Waals surface area contributed by atoms with E-state index >= 15 is 0 Å². The van der Waals surface area contributed by atoms with Crippen LogP contribution in [0.1, 0.15) is 32.6 Å². The van der Waals surface area contributed by atoms with Crippen molar-refractivity contribution in [2.45, 2.75) is 50.8 Å². The smallest absolute Gasteiger partial charge is 0.0693 e. The molecule has 1 unspecified atom stereocenters. The largest absolute Gasteiger partial charge is 0.392 e. The van der Waals surface area contributed by atoms with Crippen LogP contribution in [0.2, 0.25) is 0 Å². The molecule has 0 aromatic carbocycles. The molecule has 1 aliphatic carbocycles. The summed E-state index contributed by atoms with van der Waals surface area (Å²) in [7, 11) is 0. The Morgan fingerprint density at radius 3 is 2.77 bits per heavy atom. The summed E-state index contributed by atoms with van der Waals surface area (Å²) in [6.45, 7) is 2.19. The van der Waals surface area contributed by atoms with E-state index in [0.29, 0.717) is 12.1 Å². The highest BCUT2D eigenvalue weighted by molar-refractivity contribution is 7.98. The predicted octanol–water partition coefficient (Wildman–Crippen LogP) is 1.63. The summed E-state index contributed by atoms with van der Waals surface area (Å²) in [5, 5.41) is 13.2. The van der Waals surface area contributed by atoms with E-state index in [1.165, 1.54) is 12.8 Å². The van der Waals surface area contributed by atoms with Crippen molar-refractivity contribution in [1.82, 2.24) is 5.32 Å². The first-order valence-corrected chi connectivity index (χ1v) is 6.56. The van der Waals surface area contributed by atoms with Gasteiger partial charge in [-0.25, -0.2) is 0 Å². The lowest BCUT2D eigenvalue weighted by atomic mass is 9.92. The number of rotatable bonds is 4. The van der Waals surface area contributed by atoms with Gasteiger partial charge in [-0.15, -0.1) is 0 Å². The van der Waals surface area contributed by atoms with E-state index in [1.807, 2.05) is 11.8 Å². The van der Waals surface area contributed by atoms with Gasteiger partial charge in [-0.3, -0.25) is 0 Å². The van der Waals surface area contributed by atoms with Crippen molar-refractivity contribution in [3.8, 4) is 0 Å². The zero-order chi connectivity index (χ0) is 9.68. The van der Waals surface area contributed by atoms with E-state index in [2.05, 4.69) is 18.5 Å². The Balaban J connectivity index is 2.25. The number of aliphatic hydroxyl groups excluding tert-OH is 1. The lowest BCUT2D eigenvalue weighted by molar-refractivity contribution is 0.0873. The molecule has 1 saturated carbocycles. The zero-order valence-corrected chi connectivity index (χ0v) is 9.44. The first-order valence-electron chi connectivity index (χ1n) is 5.17. The van der Waals surface area contributed by atoms with Crippen LogP contribution in [0.5, 0.6) is 0 Å². The summed E-state index contributed by atoms with van der Waals surface area (Å²) < 4.78 is 0. The highest BCUT2D eigenvalue weighted by Gasteiger charge is 2.23. The molecule has 0 bridgehead atoms. The molecule has 0 aliphatic heterocycles. The molecule has 3 atom stereocenters. The third-order valence-electron chi connectivity index (χ3n) is 2.64. The molecule has 2 nitrogen and oxygen atoms in total. The average molecular weight is 203 g/mol. The molecule has 0 heterocycles. The van der Waals surface area contributed by atoms with Gasteiger partial charge in [-0.1, -0.05) is 12.8 Å². The maximum atomic E-state index is 9.72. The summed E-state index contributed by atoms with van der Waals surface area (Å²) >= 11 is 1.86. The molecule has 0 amide bonds. The van der Waals surface area contributed by atoms with Gasteiger partial charge in [0.05, 0.1) is 6.10 Å². The van der Waals surface area contributed by atoms with Gasteiger partial charge >= 0.3 is 0 Å². The maximum absolute atomic E-state index is 9.72. The quantitative estimate of drug-likeness (QED) is 0.728. The zero-order valence-electron chi connectivity index (χ0n) is 8.62. The molecule has 1 aliphatic rings. The fourth-order valence-corrected chi connectivity index (χ4v) is 2.57. The van der Waals surface area contributed by atoms with Crippen LogP contribution in [0.3, 0.4) is 0 Å². The molecule has 1 fully saturated rings. The Morgan fingerprint density at radius 1 is 1.46 bits per heavy atom. The topological polar surface area (TPSA) is 32.3 Å². The van der Waals surface area contributed by atoms with Crippen LogP contribution in [-0.4, -0.2) is 35.3 Å². The molecular formula is C10H21NOS. The number of nitrogens with one attached hydrogen (secondary N) is 1. The molecule has 0 saturated heterocycles. The van der Waals surface area contributed by atoms with Crippen molar-refractivity contribution < 1.29 is 5.11 Å². The SMILES string of the molecule is CSCC(C)N[C@H]1CCCC[C@@H]1O. The van der Waals surface area contributed by atoms with Crippen molar-refractivity contribution in [1.29, 1.82) is 0 Å². The highest BCUT2D eigenvalue weighted by atomic mass is 32.2. The van der Waals surface area contributed by atoms with Crippen molar-refractivity contribution >= 4 is 11.8 Å². The molecule has 1 rings (SSSR count). The lowest BCUT2D eigenvalue weighted by Gasteiger charge is -2.30. The minimum absolute atomic E-state index is 0.113. The number of hydrogen-bond donors (Lipinski definition) is 2. The second kappa shape index (κ2) is 5.89. The Morgan fingerprint density at radius 2 is 2.15 bits per heavy atom. The first kappa shape index (κ1) is 11.3. The Kier molecular flexibility index (Phi) is 5.14. The lowest BCUT2D eigenvalue weighted by Crippen LogP contribution is -2.46. The van der Waals surface area contributed by atoms with E-state index in [4.69, 9.17) is 0 Å². The minimum Gasteiger partial charge on any atom is -0.392 e. The van der Waals surface area contributed by atoms with E-state index in [1.54, 1.807) is 0 Å². The van der Waals surface area contributed by atoms with E-state index in [0.717, 1.165) is 18.6 Å². The monoisotopic (exact) mass is 203 g/mol. The first-order chi connectivity index (χ1) is 6.24. The third-order valence-corrected chi connectivity index (χ3v) is 3.48. The van der Waals surface area contributed by atoms with Crippen LogP contribution < -0.4 is 5.32 Å². The average Bonchev–Trinajstić information content (AvgIpc) is 2.09. The standard InChI is InChI=1S/C10H21NOS/c1-8(7-13-2)11-9-5-3-4-6-10(9)12/h8-12H,3-7H2,1-2H3/t8?,9-,10-/m0/s1. The van der Waals surface area contributed by atoms with Crippen molar-refractivity contribution in [2.24, 2.45) is 0 Å². The van der Waals surface area contributed by atoms with Gasteiger partial charge in [-0.05, 0) is 26.0 Å². The van der Waals surface area contributed by atoms with E-state index < -0.39 is 0 Å². The van der Waals surface area contributed by atoms with Crippen LogP contribution in [-0.2, 0) is 0 Å². The second-order valence-corrected chi connectivity index (χ2v) is 4.89. The number of thioether (sulfide) groups is 1. The molecule has 2 N–H and O–H groups in total. The summed E-state index contributed by atoms with van der Waals surface area (Å²) in [5.41, 5.74) is 0. The van der Waals surface area contributed by atoms with Gasteiger partial charge in [0.15, 0.2) is 0 Å². The predicted molar refractivity (Wildman–Crippen MR) is 59.2 cm³/mol. The van der Waals surface area contributed by atoms with Crippen molar-refractivity contribution in [2.75, 3.05) is 12.0 Å². The minimum atomic E-state index is -0.113. The van der Waals surface area contributed by atoms with Gasteiger partial charge in [0.2, 0.25) is 0 Å². The van der Waals surface area contributed by atoms with E-state index in [9.17, 15) is 5.11 Å². The molecule has 78 valence electrons. The van der Waals surface area contributed by atoms with Gasteiger partial charge in [0.25, 0.3) is 0 Å². The molecule has 0 spiro atoms. The van der Waals surface area contributed by atoms with Crippen LogP contribution in [0.25, 0.3) is 0 Å². The van der Waals surface area contributed by atoms with Crippen molar-refractivity contribution in [3.05, 3.63) is 0 Å². The molecular weight excluding hydrogens is 182 g/mol. The normalized spacial score (nSPS) is 31.6. The van der Waals surface area contributed by atoms with Crippen molar-refractivity contribution in [3.63, 3.8) is 0 Å². The summed E-state index contributed by atoms with van der Waals surface area (Å²) in [5.74, 6) is 1.13. The molecule has 0 aromatic rings. The fraction of sp³-hybridized carbons (Fsp3) is 1.00. The molecule has 3 heteroatoms. The van der Waals surface area contributed by atoms with Crippen LogP contribution in [0.4, 0.5) is 0 Å². The summed E-state index contributed by atoms with van der Waals surface area (Å²) in [6.07, 6.45) is 6.58. The molecule has 13 heavy (non-hydrogen) atoms. The van der Waals surface area contributed by atoms with Gasteiger partial charge in [-0.2, -0.15) is 11.8 Å². The van der Waals surface area contributed by atoms with Gasteiger partial charge in [0.1, 0.15) is 0 Å². The second-order valence-electron chi connectivity index (χ2n) is 3.98. The Hall–Kier alpha value is 0.270. The number of aliphatic hydroxyl groups is 1. The van der Waals surface area contributed by atoms with Gasteiger partial charge in [0, 0.05) is 17.8 Å². The fourth-order valence-electron chi connectivity index (χ4n) is 1.97. The Labute approximate surface area is 85.5 Å². The summed E-state index contributed by atoms with van der Waals surface area (Å²) in [4.78, 5) is 0. The van der Waals surface area contributed by atoms with Crippen LogP contribution in [0, 0.1) is 0 Å². The number of hydrogen-bond acceptors (Lipinski definition) is 3. The van der Waals surface area contributed by atoms with E-state index in [-0.39, 0.29) is 6.10 Å². The third kappa shape index (κ3) is 3.88.